The van der Waals surface area contributed by atoms with E-state index in [1.165, 1.54) is 77.7 Å². The van der Waals surface area contributed by atoms with Gasteiger partial charge in [0.05, 0.1) is 4.92 Å². The molecule has 0 fully saturated rings. The first-order chi connectivity index (χ1) is 15.3. The zero-order chi connectivity index (χ0) is 23.1. The number of hydrogen-bond donors (Lipinski definition) is 1. The van der Waals surface area contributed by atoms with E-state index in [-0.39, 0.29) is 29.9 Å². The van der Waals surface area contributed by atoms with Gasteiger partial charge in [-0.25, -0.2) is 8.78 Å². The van der Waals surface area contributed by atoms with E-state index >= 15 is 0 Å². The summed E-state index contributed by atoms with van der Waals surface area (Å²) < 4.78 is 26.5. The highest BCUT2D eigenvalue weighted by atomic mass is 19.1. The SMILES string of the molecule is O=C(NCCCN(C(=O)c1ccc(F)cc1)c1ccc(F)cc1)c1cccc([N+](=O)[O-])c1. The van der Waals surface area contributed by atoms with Crippen molar-refractivity contribution in [1.29, 1.82) is 0 Å². The molecule has 0 unspecified atom stereocenters. The van der Waals surface area contributed by atoms with E-state index in [0.29, 0.717) is 12.1 Å². The largest absolute Gasteiger partial charge is 0.352 e. The van der Waals surface area contributed by atoms with Crippen molar-refractivity contribution in [2.24, 2.45) is 0 Å². The molecule has 1 N–H and O–H groups in total. The number of nitrogens with one attached hydrogen (secondary N) is 1. The van der Waals surface area contributed by atoms with Crippen molar-refractivity contribution in [3.8, 4) is 0 Å². The molecule has 0 bridgehead atoms. The highest BCUT2D eigenvalue weighted by Crippen LogP contribution is 2.19. The molecule has 2 amide bonds. The lowest BCUT2D eigenvalue weighted by atomic mass is 10.1. The predicted molar refractivity (Wildman–Crippen MR) is 115 cm³/mol. The summed E-state index contributed by atoms with van der Waals surface area (Å²) in [6.07, 6.45) is 0.352. The molecule has 32 heavy (non-hydrogen) atoms. The highest BCUT2D eigenvalue weighted by molar-refractivity contribution is 6.06. The number of non-ortho nitro benzene ring substituents is 1. The summed E-state index contributed by atoms with van der Waals surface area (Å²) >= 11 is 0. The Morgan fingerprint density at radius 2 is 1.53 bits per heavy atom. The summed E-state index contributed by atoms with van der Waals surface area (Å²) in [6.45, 7) is 0.382. The Labute approximate surface area is 182 Å². The lowest BCUT2D eigenvalue weighted by Gasteiger charge is -2.23. The molecule has 0 saturated heterocycles. The summed E-state index contributed by atoms with van der Waals surface area (Å²) in [5, 5.41) is 13.5. The van der Waals surface area contributed by atoms with Gasteiger partial charge in [0, 0.05) is 42.0 Å². The number of nitro groups is 1. The number of halogens is 2. The van der Waals surface area contributed by atoms with Crippen LogP contribution < -0.4 is 10.2 Å². The van der Waals surface area contributed by atoms with Crippen molar-refractivity contribution in [3.05, 3.63) is 106 Å². The molecule has 0 aliphatic rings. The lowest BCUT2D eigenvalue weighted by molar-refractivity contribution is -0.384. The predicted octanol–water partition coefficient (Wildman–Crippen LogP) is 4.34. The third-order valence-corrected chi connectivity index (χ3v) is 4.64. The van der Waals surface area contributed by atoms with E-state index in [1.54, 1.807) is 0 Å². The molecule has 0 aliphatic heterocycles. The molecule has 0 aliphatic carbocycles. The van der Waals surface area contributed by atoms with Gasteiger partial charge < -0.3 is 10.2 Å². The van der Waals surface area contributed by atoms with E-state index in [0.717, 1.165) is 0 Å². The van der Waals surface area contributed by atoms with Crippen LogP contribution in [-0.2, 0) is 0 Å². The molecular weight excluding hydrogens is 420 g/mol. The second kappa shape index (κ2) is 10.3. The summed E-state index contributed by atoms with van der Waals surface area (Å²) in [5.41, 5.74) is 0.670. The molecule has 164 valence electrons. The highest BCUT2D eigenvalue weighted by Gasteiger charge is 2.18. The number of rotatable bonds is 8. The van der Waals surface area contributed by atoms with Crippen LogP contribution in [0.3, 0.4) is 0 Å². The Morgan fingerprint density at radius 3 is 2.16 bits per heavy atom. The number of nitrogens with zero attached hydrogens (tertiary/aromatic N) is 2. The second-order valence-electron chi connectivity index (χ2n) is 6.86. The van der Waals surface area contributed by atoms with Crippen molar-refractivity contribution in [1.82, 2.24) is 5.32 Å². The molecule has 0 radical (unpaired) electrons. The van der Waals surface area contributed by atoms with E-state index in [9.17, 15) is 28.5 Å². The third-order valence-electron chi connectivity index (χ3n) is 4.64. The first kappa shape index (κ1) is 22.5. The Morgan fingerprint density at radius 1 is 0.906 bits per heavy atom. The van der Waals surface area contributed by atoms with Gasteiger partial charge in [-0.1, -0.05) is 6.07 Å². The molecule has 0 heterocycles. The number of hydrogen-bond acceptors (Lipinski definition) is 4. The van der Waals surface area contributed by atoms with E-state index in [2.05, 4.69) is 5.32 Å². The minimum Gasteiger partial charge on any atom is -0.352 e. The van der Waals surface area contributed by atoms with Crippen LogP contribution in [0.5, 0.6) is 0 Å². The molecule has 3 aromatic rings. The maximum absolute atomic E-state index is 13.3. The number of nitro benzene ring substituents is 1. The van der Waals surface area contributed by atoms with Crippen molar-refractivity contribution in [3.63, 3.8) is 0 Å². The number of amides is 2. The molecule has 9 heteroatoms. The molecule has 0 atom stereocenters. The van der Waals surface area contributed by atoms with Crippen LogP contribution in [0.4, 0.5) is 20.2 Å². The molecule has 0 aromatic heterocycles. The smallest absolute Gasteiger partial charge is 0.270 e. The van der Waals surface area contributed by atoms with Crippen LogP contribution in [0, 0.1) is 21.7 Å². The van der Waals surface area contributed by atoms with Gasteiger partial charge in [-0.3, -0.25) is 19.7 Å². The molecular formula is C23H19F2N3O4. The standard InChI is InChI=1S/C23H19F2N3O4/c24-18-7-5-16(6-8-18)23(30)27(20-11-9-19(25)10-12-20)14-2-13-26-22(29)17-3-1-4-21(15-17)28(31)32/h1,3-12,15H,2,13-14H2,(H,26,29). The molecule has 0 spiro atoms. The first-order valence-electron chi connectivity index (χ1n) is 9.71. The van der Waals surface area contributed by atoms with Gasteiger partial charge in [0.25, 0.3) is 17.5 Å². The average Bonchev–Trinajstić information content (AvgIpc) is 2.80. The summed E-state index contributed by atoms with van der Waals surface area (Å²) in [4.78, 5) is 36.9. The number of carbonyl (C=O) groups is 2. The topological polar surface area (TPSA) is 92.6 Å². The fourth-order valence-electron chi connectivity index (χ4n) is 3.02. The van der Waals surface area contributed by atoms with Gasteiger partial charge in [0.1, 0.15) is 11.6 Å². The Balaban J connectivity index is 1.66. The average molecular weight is 439 g/mol. The Hall–Kier alpha value is -4.14. The first-order valence-corrected chi connectivity index (χ1v) is 9.71. The van der Waals surface area contributed by atoms with Crippen molar-refractivity contribution < 1.29 is 23.3 Å². The van der Waals surface area contributed by atoms with Gasteiger partial charge in [-0.05, 0) is 61.0 Å². The number of anilines is 1. The van der Waals surface area contributed by atoms with Crippen LogP contribution >= 0.6 is 0 Å². The van der Waals surface area contributed by atoms with Crippen LogP contribution in [0.25, 0.3) is 0 Å². The molecule has 3 rings (SSSR count). The van der Waals surface area contributed by atoms with Gasteiger partial charge in [0.15, 0.2) is 0 Å². The maximum atomic E-state index is 13.3. The lowest BCUT2D eigenvalue weighted by Crippen LogP contribution is -2.34. The minimum absolute atomic E-state index is 0.150. The van der Waals surface area contributed by atoms with E-state index < -0.39 is 28.4 Å². The van der Waals surface area contributed by atoms with Gasteiger partial charge in [-0.2, -0.15) is 0 Å². The number of carbonyl (C=O) groups excluding carboxylic acids is 2. The normalized spacial score (nSPS) is 10.4. The van der Waals surface area contributed by atoms with Crippen molar-refractivity contribution in [2.45, 2.75) is 6.42 Å². The minimum atomic E-state index is -0.585. The van der Waals surface area contributed by atoms with Gasteiger partial charge in [-0.15, -0.1) is 0 Å². The number of benzene rings is 3. The molecule has 7 nitrogen and oxygen atoms in total. The van der Waals surface area contributed by atoms with Crippen molar-refractivity contribution in [2.75, 3.05) is 18.0 Å². The third kappa shape index (κ3) is 5.72. The van der Waals surface area contributed by atoms with Gasteiger partial charge in [0.2, 0.25) is 0 Å². The van der Waals surface area contributed by atoms with E-state index in [4.69, 9.17) is 0 Å². The Bertz CT molecular complexity index is 1120. The molecule has 0 saturated carbocycles. The zero-order valence-electron chi connectivity index (χ0n) is 16.8. The fraction of sp³-hybridized carbons (Fsp3) is 0.130. The summed E-state index contributed by atoms with van der Waals surface area (Å²) in [7, 11) is 0. The Kier molecular flexibility index (Phi) is 7.22. The summed E-state index contributed by atoms with van der Waals surface area (Å²) in [5.74, 6) is -1.81. The van der Waals surface area contributed by atoms with Crippen LogP contribution in [0.15, 0.2) is 72.8 Å². The monoisotopic (exact) mass is 439 g/mol. The van der Waals surface area contributed by atoms with Crippen molar-refractivity contribution >= 4 is 23.2 Å². The fourth-order valence-corrected chi connectivity index (χ4v) is 3.02. The quantitative estimate of drug-likeness (QED) is 0.321. The van der Waals surface area contributed by atoms with E-state index in [1.807, 2.05) is 0 Å². The van der Waals surface area contributed by atoms with Crippen LogP contribution in [0.1, 0.15) is 27.1 Å². The van der Waals surface area contributed by atoms with Crippen LogP contribution in [-0.4, -0.2) is 29.8 Å². The maximum Gasteiger partial charge on any atom is 0.270 e. The second-order valence-corrected chi connectivity index (χ2v) is 6.86. The van der Waals surface area contributed by atoms with Crippen LogP contribution in [0.2, 0.25) is 0 Å². The molecule has 3 aromatic carbocycles. The zero-order valence-corrected chi connectivity index (χ0v) is 16.8. The van der Waals surface area contributed by atoms with Gasteiger partial charge >= 0.3 is 0 Å². The summed E-state index contributed by atoms with van der Waals surface area (Å²) in [6, 6.07) is 15.8.